The summed E-state index contributed by atoms with van der Waals surface area (Å²) < 4.78 is 71.2. The van der Waals surface area contributed by atoms with Gasteiger partial charge in [-0.25, -0.2) is 13.1 Å². The van der Waals surface area contributed by atoms with Gasteiger partial charge in [0.2, 0.25) is 15.9 Å². The van der Waals surface area contributed by atoms with E-state index in [1.165, 1.54) is 43.5 Å². The molecule has 0 aliphatic heterocycles. The first-order chi connectivity index (χ1) is 12.6. The lowest BCUT2D eigenvalue weighted by Gasteiger charge is -2.10. The smallest absolute Gasteiger partial charge is 0.497 e. The Hall–Kier alpha value is -2.79. The number of anilines is 1. The predicted molar refractivity (Wildman–Crippen MR) is 89.9 cm³/mol. The Bertz CT molecular complexity index is 882. The summed E-state index contributed by atoms with van der Waals surface area (Å²) in [7, 11) is -2.47. The number of rotatable bonds is 7. The van der Waals surface area contributed by atoms with Crippen molar-refractivity contribution in [2.24, 2.45) is 0 Å². The van der Waals surface area contributed by atoms with E-state index in [4.69, 9.17) is 4.74 Å². The molecule has 0 fully saturated rings. The average Bonchev–Trinajstić information content (AvgIpc) is 2.61. The fourth-order valence-corrected chi connectivity index (χ4v) is 2.93. The van der Waals surface area contributed by atoms with E-state index in [0.29, 0.717) is 5.75 Å². The molecule has 0 aromatic heterocycles. The average molecular weight is 404 g/mol. The van der Waals surface area contributed by atoms with Crippen molar-refractivity contribution in [2.75, 3.05) is 19.0 Å². The van der Waals surface area contributed by atoms with Gasteiger partial charge in [-0.3, -0.25) is 4.79 Å². The third-order valence-corrected chi connectivity index (χ3v) is 4.58. The van der Waals surface area contributed by atoms with Gasteiger partial charge in [-0.2, -0.15) is 0 Å². The van der Waals surface area contributed by atoms with Crippen molar-refractivity contribution in [3.8, 4) is 11.5 Å². The molecule has 0 saturated carbocycles. The highest BCUT2D eigenvalue weighted by molar-refractivity contribution is 7.89. The van der Waals surface area contributed by atoms with Crippen LogP contribution in [0.15, 0.2) is 53.4 Å². The van der Waals surface area contributed by atoms with E-state index < -0.39 is 34.6 Å². The van der Waals surface area contributed by atoms with Crippen LogP contribution in [0, 0.1) is 0 Å². The minimum absolute atomic E-state index is 0.0512. The zero-order valence-corrected chi connectivity index (χ0v) is 14.7. The molecule has 11 heteroatoms. The van der Waals surface area contributed by atoms with Crippen molar-refractivity contribution in [1.29, 1.82) is 0 Å². The Morgan fingerprint density at radius 1 is 1.00 bits per heavy atom. The second-order valence-electron chi connectivity index (χ2n) is 5.12. The van der Waals surface area contributed by atoms with Crippen LogP contribution in [-0.2, 0) is 14.8 Å². The van der Waals surface area contributed by atoms with E-state index in [-0.39, 0.29) is 10.6 Å². The summed E-state index contributed by atoms with van der Waals surface area (Å²) in [6.45, 7) is -0.560. The molecule has 0 aliphatic rings. The SMILES string of the molecule is COc1ccc(S(=O)(=O)NCC(=O)Nc2ccc(OC(F)(F)F)cc2)cc1. The molecule has 146 valence electrons. The van der Waals surface area contributed by atoms with Crippen LogP contribution < -0.4 is 19.5 Å². The second kappa shape index (κ2) is 8.27. The maximum absolute atomic E-state index is 12.1. The zero-order valence-electron chi connectivity index (χ0n) is 13.9. The van der Waals surface area contributed by atoms with Crippen LogP contribution in [0.1, 0.15) is 0 Å². The largest absolute Gasteiger partial charge is 0.573 e. The highest BCUT2D eigenvalue weighted by Crippen LogP contribution is 2.24. The number of carbonyl (C=O) groups is 1. The lowest BCUT2D eigenvalue weighted by atomic mass is 10.3. The molecule has 1 amide bonds. The highest BCUT2D eigenvalue weighted by Gasteiger charge is 2.30. The number of methoxy groups -OCH3 is 1. The van der Waals surface area contributed by atoms with E-state index in [9.17, 15) is 26.4 Å². The number of benzene rings is 2. The van der Waals surface area contributed by atoms with Crippen LogP contribution in [0.25, 0.3) is 0 Å². The molecule has 2 rings (SSSR count). The van der Waals surface area contributed by atoms with Crippen LogP contribution in [-0.4, -0.2) is 34.3 Å². The van der Waals surface area contributed by atoms with Gasteiger partial charge >= 0.3 is 6.36 Å². The second-order valence-corrected chi connectivity index (χ2v) is 6.89. The van der Waals surface area contributed by atoms with Crippen molar-refractivity contribution in [2.45, 2.75) is 11.3 Å². The Kier molecular flexibility index (Phi) is 6.28. The summed E-state index contributed by atoms with van der Waals surface area (Å²) in [5.41, 5.74) is 0.179. The van der Waals surface area contributed by atoms with Gasteiger partial charge in [0.25, 0.3) is 0 Å². The van der Waals surface area contributed by atoms with E-state index in [1.54, 1.807) is 0 Å². The van der Waals surface area contributed by atoms with E-state index in [0.717, 1.165) is 12.1 Å². The summed E-state index contributed by atoms with van der Waals surface area (Å²) >= 11 is 0. The molecule has 0 heterocycles. The van der Waals surface area contributed by atoms with Crippen molar-refractivity contribution in [3.05, 3.63) is 48.5 Å². The topological polar surface area (TPSA) is 93.7 Å². The van der Waals surface area contributed by atoms with E-state index >= 15 is 0 Å². The number of hydrogen-bond acceptors (Lipinski definition) is 5. The molecular weight excluding hydrogens is 389 g/mol. The quantitative estimate of drug-likeness (QED) is 0.740. The van der Waals surface area contributed by atoms with Gasteiger partial charge < -0.3 is 14.8 Å². The molecule has 7 nitrogen and oxygen atoms in total. The molecule has 27 heavy (non-hydrogen) atoms. The van der Waals surface area contributed by atoms with Crippen LogP contribution in [0.5, 0.6) is 11.5 Å². The fraction of sp³-hybridized carbons (Fsp3) is 0.188. The van der Waals surface area contributed by atoms with Crippen molar-refractivity contribution in [1.82, 2.24) is 4.72 Å². The molecule has 0 bridgehead atoms. The zero-order chi connectivity index (χ0) is 20.1. The molecule has 0 aliphatic carbocycles. The first-order valence-corrected chi connectivity index (χ1v) is 8.87. The van der Waals surface area contributed by atoms with Crippen molar-refractivity contribution >= 4 is 21.6 Å². The number of amides is 1. The van der Waals surface area contributed by atoms with Gasteiger partial charge in [-0.05, 0) is 48.5 Å². The third-order valence-electron chi connectivity index (χ3n) is 3.16. The predicted octanol–water partition coefficient (Wildman–Crippen LogP) is 2.51. The number of carbonyl (C=O) groups excluding carboxylic acids is 1. The van der Waals surface area contributed by atoms with Crippen LogP contribution >= 0.6 is 0 Å². The lowest BCUT2D eigenvalue weighted by molar-refractivity contribution is -0.274. The standard InChI is InChI=1S/C16H15F3N2O5S/c1-25-12-6-8-14(9-7-12)27(23,24)20-10-15(22)21-11-2-4-13(5-3-11)26-16(17,18)19/h2-9,20H,10H2,1H3,(H,21,22). The van der Waals surface area contributed by atoms with Gasteiger partial charge in [0.15, 0.2) is 0 Å². The van der Waals surface area contributed by atoms with Crippen molar-refractivity contribution in [3.63, 3.8) is 0 Å². The van der Waals surface area contributed by atoms with Gasteiger partial charge in [0.05, 0.1) is 18.6 Å². The Morgan fingerprint density at radius 2 is 1.56 bits per heavy atom. The van der Waals surface area contributed by atoms with Crippen LogP contribution in [0.2, 0.25) is 0 Å². The maximum atomic E-state index is 12.1. The van der Waals surface area contributed by atoms with Gasteiger partial charge in [-0.1, -0.05) is 0 Å². The first-order valence-electron chi connectivity index (χ1n) is 7.38. The Labute approximate surface area is 153 Å². The molecule has 0 saturated heterocycles. The molecule has 2 aromatic carbocycles. The molecule has 2 N–H and O–H groups in total. The Balaban J connectivity index is 1.91. The van der Waals surface area contributed by atoms with Crippen LogP contribution in [0.4, 0.5) is 18.9 Å². The summed E-state index contributed by atoms with van der Waals surface area (Å²) in [5, 5.41) is 2.35. The summed E-state index contributed by atoms with van der Waals surface area (Å²) in [6, 6.07) is 9.97. The minimum Gasteiger partial charge on any atom is -0.497 e. The summed E-state index contributed by atoms with van der Waals surface area (Å²) in [4.78, 5) is 11.8. The van der Waals surface area contributed by atoms with E-state index in [1.807, 2.05) is 0 Å². The first kappa shape index (κ1) is 20.5. The van der Waals surface area contributed by atoms with Crippen molar-refractivity contribution < 1.29 is 35.9 Å². The molecule has 0 unspecified atom stereocenters. The van der Waals surface area contributed by atoms with Crippen LogP contribution in [0.3, 0.4) is 0 Å². The van der Waals surface area contributed by atoms with E-state index in [2.05, 4.69) is 14.8 Å². The fourth-order valence-electron chi connectivity index (χ4n) is 1.94. The number of sulfonamides is 1. The minimum atomic E-state index is -4.81. The number of ether oxygens (including phenoxy) is 2. The summed E-state index contributed by atoms with van der Waals surface area (Å²) in [6.07, 6.45) is -4.81. The van der Waals surface area contributed by atoms with Gasteiger partial charge in [0, 0.05) is 5.69 Å². The molecule has 0 spiro atoms. The third kappa shape index (κ3) is 6.46. The number of hydrogen-bond donors (Lipinski definition) is 2. The lowest BCUT2D eigenvalue weighted by Crippen LogP contribution is -2.32. The van der Waals surface area contributed by atoms with Gasteiger partial charge in [-0.15, -0.1) is 13.2 Å². The number of alkyl halides is 3. The number of halogens is 3. The summed E-state index contributed by atoms with van der Waals surface area (Å²) in [5.74, 6) is -0.665. The molecule has 2 aromatic rings. The maximum Gasteiger partial charge on any atom is 0.573 e. The van der Waals surface area contributed by atoms with Gasteiger partial charge in [0.1, 0.15) is 11.5 Å². The Morgan fingerprint density at radius 3 is 2.07 bits per heavy atom. The highest BCUT2D eigenvalue weighted by atomic mass is 32.2. The molecule has 0 radical (unpaired) electrons. The number of nitrogens with one attached hydrogen (secondary N) is 2. The molecular formula is C16H15F3N2O5S. The normalized spacial score (nSPS) is 11.7. The monoisotopic (exact) mass is 404 g/mol. The molecule has 0 atom stereocenters.